The maximum Gasteiger partial charge on any atom is 0.122 e. The van der Waals surface area contributed by atoms with Gasteiger partial charge in [0.25, 0.3) is 0 Å². The predicted octanol–water partition coefficient (Wildman–Crippen LogP) is 2.96. The van der Waals surface area contributed by atoms with E-state index in [0.29, 0.717) is 12.0 Å². The van der Waals surface area contributed by atoms with Gasteiger partial charge in [-0.2, -0.15) is 0 Å². The first-order valence-corrected chi connectivity index (χ1v) is 7.56. The summed E-state index contributed by atoms with van der Waals surface area (Å²) in [6.45, 7) is 0.837. The molecule has 1 aliphatic heterocycles. The van der Waals surface area contributed by atoms with E-state index < -0.39 is 0 Å². The van der Waals surface area contributed by atoms with Gasteiger partial charge in [0.05, 0.1) is 6.61 Å². The van der Waals surface area contributed by atoms with Crippen molar-refractivity contribution in [2.24, 2.45) is 11.8 Å². The Morgan fingerprint density at radius 3 is 2.79 bits per heavy atom. The predicted molar refractivity (Wildman–Crippen MR) is 77.0 cm³/mol. The summed E-state index contributed by atoms with van der Waals surface area (Å²) in [5.41, 5.74) is 4.45. The van der Waals surface area contributed by atoms with E-state index >= 15 is 0 Å². The van der Waals surface area contributed by atoms with Gasteiger partial charge in [-0.25, -0.2) is 0 Å². The molecule has 3 rings (SSSR count). The molecular formula is C16H24N2O. The molecular weight excluding hydrogens is 236 g/mol. The van der Waals surface area contributed by atoms with Crippen LogP contribution in [0, 0.1) is 5.92 Å². The highest BCUT2D eigenvalue weighted by molar-refractivity contribution is 5.37. The lowest BCUT2D eigenvalue weighted by molar-refractivity contribution is 0.241. The Bertz CT molecular complexity index is 415. The number of hydrogen-bond acceptors (Lipinski definition) is 3. The van der Waals surface area contributed by atoms with Crippen molar-refractivity contribution in [1.82, 2.24) is 5.43 Å². The summed E-state index contributed by atoms with van der Waals surface area (Å²) in [6.07, 6.45) is 7.66. The summed E-state index contributed by atoms with van der Waals surface area (Å²) in [5.74, 6) is 8.23. The zero-order valence-corrected chi connectivity index (χ0v) is 11.5. The third-order valence-electron chi connectivity index (χ3n) is 4.80. The summed E-state index contributed by atoms with van der Waals surface area (Å²) >= 11 is 0. The molecule has 0 amide bonds. The molecule has 2 aliphatic rings. The fraction of sp³-hybridized carbons (Fsp3) is 0.625. The summed E-state index contributed by atoms with van der Waals surface area (Å²) in [5, 5.41) is 0. The average molecular weight is 260 g/mol. The monoisotopic (exact) mass is 260 g/mol. The standard InChI is InChI=1S/C16H24N2O/c17-18-15(12-5-1-2-6-12)11-13-9-10-19-16-8-4-3-7-14(13)16/h3-4,7-8,12-13,15,18H,1-2,5-6,9-11,17H2. The van der Waals surface area contributed by atoms with Crippen molar-refractivity contribution < 1.29 is 4.74 Å². The second-order valence-electron chi connectivity index (χ2n) is 5.93. The molecule has 19 heavy (non-hydrogen) atoms. The largest absolute Gasteiger partial charge is 0.493 e. The lowest BCUT2D eigenvalue weighted by atomic mass is 9.83. The Morgan fingerprint density at radius 2 is 2.00 bits per heavy atom. The molecule has 0 aromatic heterocycles. The SMILES string of the molecule is NNC(CC1CCOc2ccccc21)C1CCCC1. The van der Waals surface area contributed by atoms with Gasteiger partial charge in [-0.1, -0.05) is 31.0 Å². The van der Waals surface area contributed by atoms with Crippen molar-refractivity contribution in [3.63, 3.8) is 0 Å². The molecule has 1 saturated carbocycles. The van der Waals surface area contributed by atoms with Crippen molar-refractivity contribution in [2.45, 2.75) is 50.5 Å². The number of para-hydroxylation sites is 1. The van der Waals surface area contributed by atoms with E-state index in [-0.39, 0.29) is 0 Å². The second kappa shape index (κ2) is 5.93. The Kier molecular flexibility index (Phi) is 4.04. The maximum atomic E-state index is 5.81. The summed E-state index contributed by atoms with van der Waals surface area (Å²) in [4.78, 5) is 0. The van der Waals surface area contributed by atoms with Gasteiger partial charge < -0.3 is 4.74 Å². The fourth-order valence-electron chi connectivity index (χ4n) is 3.72. The minimum atomic E-state index is 0.457. The van der Waals surface area contributed by atoms with Crippen LogP contribution in [-0.2, 0) is 0 Å². The topological polar surface area (TPSA) is 47.3 Å². The van der Waals surface area contributed by atoms with E-state index in [1.165, 1.54) is 31.2 Å². The minimum Gasteiger partial charge on any atom is -0.493 e. The quantitative estimate of drug-likeness (QED) is 0.646. The van der Waals surface area contributed by atoms with Crippen LogP contribution in [0.25, 0.3) is 0 Å². The van der Waals surface area contributed by atoms with Crippen LogP contribution in [0.1, 0.15) is 50.0 Å². The molecule has 1 aliphatic carbocycles. The number of ether oxygens (including phenoxy) is 1. The number of hydrogen-bond donors (Lipinski definition) is 2. The smallest absolute Gasteiger partial charge is 0.122 e. The third-order valence-corrected chi connectivity index (χ3v) is 4.80. The molecule has 3 heteroatoms. The van der Waals surface area contributed by atoms with Crippen molar-refractivity contribution in [1.29, 1.82) is 0 Å². The van der Waals surface area contributed by atoms with Crippen molar-refractivity contribution in [3.05, 3.63) is 29.8 Å². The van der Waals surface area contributed by atoms with Crippen LogP contribution in [0.2, 0.25) is 0 Å². The van der Waals surface area contributed by atoms with Gasteiger partial charge in [0.15, 0.2) is 0 Å². The van der Waals surface area contributed by atoms with Crippen LogP contribution in [0.15, 0.2) is 24.3 Å². The normalized spacial score (nSPS) is 24.8. The highest BCUT2D eigenvalue weighted by atomic mass is 16.5. The van der Waals surface area contributed by atoms with Crippen molar-refractivity contribution in [3.8, 4) is 5.75 Å². The first kappa shape index (κ1) is 12.9. The van der Waals surface area contributed by atoms with E-state index in [9.17, 15) is 0 Å². The Labute approximate surface area is 115 Å². The number of nitrogens with one attached hydrogen (secondary N) is 1. The average Bonchev–Trinajstić information content (AvgIpc) is 2.99. The molecule has 0 saturated heterocycles. The molecule has 104 valence electrons. The summed E-state index contributed by atoms with van der Waals surface area (Å²) in [6, 6.07) is 8.92. The van der Waals surface area contributed by atoms with E-state index in [2.05, 4.69) is 29.7 Å². The summed E-state index contributed by atoms with van der Waals surface area (Å²) in [7, 11) is 0. The lowest BCUT2D eigenvalue weighted by Gasteiger charge is -2.31. The highest BCUT2D eigenvalue weighted by Gasteiger charge is 2.29. The van der Waals surface area contributed by atoms with Gasteiger partial charge in [0.2, 0.25) is 0 Å². The van der Waals surface area contributed by atoms with Crippen LogP contribution >= 0.6 is 0 Å². The first-order chi connectivity index (χ1) is 9.38. The van der Waals surface area contributed by atoms with Crippen LogP contribution in [0.4, 0.5) is 0 Å². The fourth-order valence-corrected chi connectivity index (χ4v) is 3.72. The molecule has 1 fully saturated rings. The van der Waals surface area contributed by atoms with Crippen LogP contribution < -0.4 is 16.0 Å². The Morgan fingerprint density at radius 1 is 1.21 bits per heavy atom. The lowest BCUT2D eigenvalue weighted by Crippen LogP contribution is -2.41. The number of rotatable bonds is 4. The minimum absolute atomic E-state index is 0.457. The number of benzene rings is 1. The van der Waals surface area contributed by atoms with Crippen LogP contribution in [0.5, 0.6) is 5.75 Å². The van der Waals surface area contributed by atoms with E-state index in [1.807, 2.05) is 0 Å². The van der Waals surface area contributed by atoms with Gasteiger partial charge in [-0.3, -0.25) is 11.3 Å². The second-order valence-corrected chi connectivity index (χ2v) is 5.93. The number of hydrazine groups is 1. The first-order valence-electron chi connectivity index (χ1n) is 7.56. The van der Waals surface area contributed by atoms with Gasteiger partial charge in [-0.05, 0) is 49.1 Å². The van der Waals surface area contributed by atoms with Gasteiger partial charge in [0.1, 0.15) is 5.75 Å². The van der Waals surface area contributed by atoms with Gasteiger partial charge in [-0.15, -0.1) is 0 Å². The Hall–Kier alpha value is -1.06. The molecule has 1 aromatic carbocycles. The van der Waals surface area contributed by atoms with E-state index in [1.54, 1.807) is 0 Å². The molecule has 2 unspecified atom stereocenters. The Balaban J connectivity index is 1.72. The maximum absolute atomic E-state index is 5.81. The van der Waals surface area contributed by atoms with Crippen molar-refractivity contribution in [2.75, 3.05) is 6.61 Å². The molecule has 1 heterocycles. The molecule has 0 spiro atoms. The number of fused-ring (bicyclic) bond motifs is 1. The molecule has 1 aromatic rings. The molecule has 2 atom stereocenters. The van der Waals surface area contributed by atoms with Crippen LogP contribution in [0.3, 0.4) is 0 Å². The van der Waals surface area contributed by atoms with E-state index in [4.69, 9.17) is 10.6 Å². The van der Waals surface area contributed by atoms with E-state index in [0.717, 1.165) is 31.1 Å². The van der Waals surface area contributed by atoms with Crippen molar-refractivity contribution >= 4 is 0 Å². The molecule has 3 nitrogen and oxygen atoms in total. The zero-order valence-electron chi connectivity index (χ0n) is 11.5. The summed E-state index contributed by atoms with van der Waals surface area (Å²) < 4.78 is 5.74. The molecule has 3 N–H and O–H groups in total. The molecule has 0 radical (unpaired) electrons. The van der Waals surface area contributed by atoms with Gasteiger partial charge in [0, 0.05) is 6.04 Å². The third kappa shape index (κ3) is 2.77. The molecule has 0 bridgehead atoms. The zero-order chi connectivity index (χ0) is 13.1. The highest BCUT2D eigenvalue weighted by Crippen LogP contribution is 2.39. The number of nitrogens with two attached hydrogens (primary N) is 1. The van der Waals surface area contributed by atoms with Crippen LogP contribution in [-0.4, -0.2) is 12.6 Å². The van der Waals surface area contributed by atoms with Gasteiger partial charge >= 0.3 is 0 Å².